The summed E-state index contributed by atoms with van der Waals surface area (Å²) in [6.07, 6.45) is 0. The smallest absolute Gasteiger partial charge is 0.335 e. The molecular weight excluding hydrogens is 176 g/mol. The van der Waals surface area contributed by atoms with Gasteiger partial charge in [0.2, 0.25) is 0 Å². The lowest BCUT2D eigenvalue weighted by atomic mass is 10.2. The monoisotopic (exact) mass is 181 g/mol. The number of rotatable bonds is 3. The molecule has 13 heavy (non-hydrogen) atoms. The summed E-state index contributed by atoms with van der Waals surface area (Å²) in [5.41, 5.74) is 3.18. The predicted octanol–water partition coefficient (Wildman–Crippen LogP) is 1.58. The lowest BCUT2D eigenvalue weighted by Crippen LogP contribution is -1.94. The number of carboxylic acid groups (broad SMARTS) is 1. The zero-order valence-electron chi connectivity index (χ0n) is 6.38. The molecule has 0 saturated carbocycles. The van der Waals surface area contributed by atoms with E-state index in [1.165, 1.54) is 24.3 Å². The van der Waals surface area contributed by atoms with Crippen LogP contribution in [-0.4, -0.2) is 16.1 Å². The van der Waals surface area contributed by atoms with Crippen LogP contribution in [0.15, 0.2) is 24.3 Å². The molecule has 1 rings (SSSR count). The molecule has 0 atom stereocenters. The van der Waals surface area contributed by atoms with Gasteiger partial charge in [0.15, 0.2) is 0 Å². The SMILES string of the molecule is O=C(O)c1ccc([N-][N+](=O)[O-])cc1. The zero-order valence-corrected chi connectivity index (χ0v) is 6.38. The van der Waals surface area contributed by atoms with Gasteiger partial charge in [0, 0.05) is 0 Å². The van der Waals surface area contributed by atoms with Crippen LogP contribution >= 0.6 is 0 Å². The molecule has 0 fully saturated rings. The summed E-state index contributed by atoms with van der Waals surface area (Å²) < 4.78 is 0. The molecule has 1 N–H and O–H groups in total. The second kappa shape index (κ2) is 3.53. The van der Waals surface area contributed by atoms with E-state index in [1.807, 2.05) is 0 Å². The largest absolute Gasteiger partial charge is 0.478 e. The van der Waals surface area contributed by atoms with E-state index < -0.39 is 11.0 Å². The van der Waals surface area contributed by atoms with Gasteiger partial charge in [0.1, 0.15) is 0 Å². The normalized spacial score (nSPS) is 9.23. The molecule has 0 unspecified atom stereocenters. The van der Waals surface area contributed by atoms with E-state index in [1.54, 1.807) is 0 Å². The standard InChI is InChI=1S/C7H5N2O4/c10-7(11)5-1-3-6(4-2-5)8-9(12)13/h1-4H,(H,10,11)/q-1. The predicted molar refractivity (Wildman–Crippen MR) is 43.4 cm³/mol. The zero-order chi connectivity index (χ0) is 9.84. The minimum atomic E-state index is -1.08. The van der Waals surface area contributed by atoms with Crippen LogP contribution in [0.4, 0.5) is 5.69 Å². The van der Waals surface area contributed by atoms with E-state index >= 15 is 0 Å². The Labute approximate surface area is 72.9 Å². The molecule has 0 aliphatic carbocycles. The number of hydrogen-bond acceptors (Lipinski definition) is 3. The molecule has 0 saturated heterocycles. The van der Waals surface area contributed by atoms with Crippen molar-refractivity contribution in [3.8, 4) is 0 Å². The Morgan fingerprint density at radius 3 is 2.31 bits per heavy atom. The first kappa shape index (κ1) is 8.98. The van der Waals surface area contributed by atoms with Crippen molar-refractivity contribution in [1.82, 2.24) is 0 Å². The molecule has 0 radical (unpaired) electrons. The van der Waals surface area contributed by atoms with Gasteiger partial charge in [-0.15, -0.1) is 0 Å². The number of carboxylic acids is 1. The molecule has 1 aromatic rings. The van der Waals surface area contributed by atoms with Crippen molar-refractivity contribution in [3.63, 3.8) is 0 Å². The molecule has 1 aromatic carbocycles. The van der Waals surface area contributed by atoms with Crippen LogP contribution in [0.5, 0.6) is 0 Å². The third-order valence-electron chi connectivity index (χ3n) is 1.31. The highest BCUT2D eigenvalue weighted by Crippen LogP contribution is 2.17. The summed E-state index contributed by atoms with van der Waals surface area (Å²) in [5.74, 6) is -1.08. The van der Waals surface area contributed by atoms with Crippen LogP contribution in [0.3, 0.4) is 0 Å². The topological polar surface area (TPSA) is 94.5 Å². The van der Waals surface area contributed by atoms with Crippen molar-refractivity contribution >= 4 is 11.7 Å². The number of carbonyl (C=O) groups is 1. The number of hydrogen-bond donors (Lipinski definition) is 1. The molecule has 0 bridgehead atoms. The number of aromatic carboxylic acids is 1. The van der Waals surface area contributed by atoms with E-state index in [0.717, 1.165) is 0 Å². The van der Waals surface area contributed by atoms with E-state index in [2.05, 4.69) is 5.43 Å². The maximum absolute atomic E-state index is 10.4. The Balaban J connectivity index is 2.81. The average molecular weight is 181 g/mol. The first-order valence-corrected chi connectivity index (χ1v) is 3.29. The van der Waals surface area contributed by atoms with Crippen LogP contribution < -0.4 is 0 Å². The van der Waals surface area contributed by atoms with Crippen molar-refractivity contribution in [1.29, 1.82) is 0 Å². The summed E-state index contributed by atoms with van der Waals surface area (Å²) in [7, 11) is 0. The van der Waals surface area contributed by atoms with E-state index in [0.29, 0.717) is 0 Å². The minimum Gasteiger partial charge on any atom is -0.478 e. The molecule has 0 heterocycles. The van der Waals surface area contributed by atoms with Gasteiger partial charge < -0.3 is 10.5 Å². The molecule has 6 heteroatoms. The molecule has 0 aliphatic heterocycles. The summed E-state index contributed by atoms with van der Waals surface area (Å²) >= 11 is 0. The van der Waals surface area contributed by atoms with Gasteiger partial charge in [-0.3, -0.25) is 10.1 Å². The highest BCUT2D eigenvalue weighted by atomic mass is 16.7. The van der Waals surface area contributed by atoms with Gasteiger partial charge in [0.25, 0.3) is 0 Å². The minimum absolute atomic E-state index is 0.0716. The maximum atomic E-state index is 10.4. The fourth-order valence-electron chi connectivity index (χ4n) is 0.765. The quantitative estimate of drug-likeness (QED) is 0.565. The van der Waals surface area contributed by atoms with Crippen molar-refractivity contribution in [2.24, 2.45) is 0 Å². The van der Waals surface area contributed by atoms with Crippen molar-refractivity contribution in [3.05, 3.63) is 45.4 Å². The van der Waals surface area contributed by atoms with E-state index in [9.17, 15) is 14.9 Å². The number of benzene rings is 1. The Kier molecular flexibility index (Phi) is 2.44. The van der Waals surface area contributed by atoms with Crippen molar-refractivity contribution in [2.75, 3.05) is 0 Å². The first-order chi connectivity index (χ1) is 6.09. The third kappa shape index (κ3) is 2.44. The fourth-order valence-corrected chi connectivity index (χ4v) is 0.765. The molecule has 6 nitrogen and oxygen atoms in total. The molecular formula is C7H5N2O4-. The maximum Gasteiger partial charge on any atom is 0.335 e. The lowest BCUT2D eigenvalue weighted by Gasteiger charge is -2.08. The van der Waals surface area contributed by atoms with Gasteiger partial charge in [0.05, 0.1) is 5.56 Å². The highest BCUT2D eigenvalue weighted by Gasteiger charge is 1.99. The summed E-state index contributed by atoms with van der Waals surface area (Å²) in [6, 6.07) is 5.05. The molecule has 0 amide bonds. The Morgan fingerprint density at radius 1 is 1.38 bits per heavy atom. The van der Waals surface area contributed by atoms with Gasteiger partial charge in [-0.2, -0.15) is 0 Å². The molecule has 0 spiro atoms. The fraction of sp³-hybridized carbons (Fsp3) is 0. The highest BCUT2D eigenvalue weighted by molar-refractivity contribution is 5.88. The van der Waals surface area contributed by atoms with Gasteiger partial charge in [-0.05, 0) is 17.2 Å². The van der Waals surface area contributed by atoms with Crippen molar-refractivity contribution < 1.29 is 14.9 Å². The van der Waals surface area contributed by atoms with E-state index in [-0.39, 0.29) is 11.3 Å². The van der Waals surface area contributed by atoms with E-state index in [4.69, 9.17) is 5.11 Å². The Morgan fingerprint density at radius 2 is 1.92 bits per heavy atom. The van der Waals surface area contributed by atoms with Gasteiger partial charge >= 0.3 is 5.97 Å². The van der Waals surface area contributed by atoms with Gasteiger partial charge in [-0.25, -0.2) is 4.79 Å². The first-order valence-electron chi connectivity index (χ1n) is 3.29. The average Bonchev–Trinajstić information content (AvgIpc) is 2.04. The van der Waals surface area contributed by atoms with Crippen LogP contribution in [-0.2, 0) is 0 Å². The summed E-state index contributed by atoms with van der Waals surface area (Å²) in [4.78, 5) is 20.3. The van der Waals surface area contributed by atoms with Gasteiger partial charge in [-0.1, -0.05) is 17.8 Å². The Bertz CT molecular complexity index is 333. The second-order valence-electron chi connectivity index (χ2n) is 2.19. The Hall–Kier alpha value is -2.11. The van der Waals surface area contributed by atoms with Crippen LogP contribution in [0.2, 0.25) is 0 Å². The third-order valence-corrected chi connectivity index (χ3v) is 1.31. The van der Waals surface area contributed by atoms with Crippen LogP contribution in [0.1, 0.15) is 10.4 Å². The summed E-state index contributed by atoms with van der Waals surface area (Å²) in [5, 5.41) is 17.6. The lowest BCUT2D eigenvalue weighted by molar-refractivity contribution is -0.418. The number of nitrogens with zero attached hydrogens (tertiary/aromatic N) is 2. The second-order valence-corrected chi connectivity index (χ2v) is 2.19. The molecule has 0 aromatic heterocycles. The van der Waals surface area contributed by atoms with Crippen molar-refractivity contribution in [2.45, 2.75) is 0 Å². The molecule has 0 aliphatic rings. The van der Waals surface area contributed by atoms with Crippen LogP contribution in [0.25, 0.3) is 5.43 Å². The molecule has 68 valence electrons. The van der Waals surface area contributed by atoms with Crippen LogP contribution in [0, 0.1) is 10.1 Å². The summed E-state index contributed by atoms with van der Waals surface area (Å²) in [6.45, 7) is 0. The number of nitro groups is 1.